The molecule has 2 amide bonds. The summed E-state index contributed by atoms with van der Waals surface area (Å²) >= 11 is 0. The number of nitrogens with one attached hydrogen (secondary N) is 2. The topological polar surface area (TPSA) is 78.4 Å². The SMILES string of the molecule is CCC[C@@H](NC(=O)Nc1cc(C)ccc1F)C(=O)O. The summed E-state index contributed by atoms with van der Waals surface area (Å²) in [6.07, 6.45) is 0.940. The van der Waals surface area contributed by atoms with E-state index >= 15 is 0 Å². The Morgan fingerprint density at radius 2 is 2.11 bits per heavy atom. The van der Waals surface area contributed by atoms with Gasteiger partial charge in [-0.1, -0.05) is 19.4 Å². The fourth-order valence-corrected chi connectivity index (χ4v) is 1.60. The largest absolute Gasteiger partial charge is 0.480 e. The molecule has 0 spiro atoms. The molecule has 1 aromatic carbocycles. The molecule has 1 atom stereocenters. The minimum atomic E-state index is -1.11. The molecule has 0 aromatic heterocycles. The fraction of sp³-hybridized carbons (Fsp3) is 0.385. The zero-order valence-electron chi connectivity index (χ0n) is 10.9. The molecule has 19 heavy (non-hydrogen) atoms. The van der Waals surface area contributed by atoms with Gasteiger partial charge in [0.1, 0.15) is 11.9 Å². The van der Waals surface area contributed by atoms with Crippen molar-refractivity contribution in [3.05, 3.63) is 29.6 Å². The molecule has 0 saturated heterocycles. The van der Waals surface area contributed by atoms with Gasteiger partial charge in [0.05, 0.1) is 5.69 Å². The third-order valence-electron chi connectivity index (χ3n) is 2.55. The molecule has 0 heterocycles. The summed E-state index contributed by atoms with van der Waals surface area (Å²) in [5.41, 5.74) is 0.818. The standard InChI is InChI=1S/C13H17FN2O3/c1-3-4-10(12(17)18)15-13(19)16-11-7-8(2)5-6-9(11)14/h5-7,10H,3-4H2,1-2H3,(H,17,18)(H2,15,16,19)/t10-/m1/s1. The highest BCUT2D eigenvalue weighted by Crippen LogP contribution is 2.15. The van der Waals surface area contributed by atoms with Crippen molar-refractivity contribution in [2.24, 2.45) is 0 Å². The number of rotatable bonds is 5. The molecule has 0 aliphatic heterocycles. The van der Waals surface area contributed by atoms with Gasteiger partial charge in [0.2, 0.25) is 0 Å². The molecule has 3 N–H and O–H groups in total. The van der Waals surface area contributed by atoms with Crippen LogP contribution in [0.3, 0.4) is 0 Å². The van der Waals surface area contributed by atoms with Crippen LogP contribution in [0, 0.1) is 12.7 Å². The van der Waals surface area contributed by atoms with Crippen molar-refractivity contribution < 1.29 is 19.1 Å². The summed E-state index contributed by atoms with van der Waals surface area (Å²) in [7, 11) is 0. The van der Waals surface area contributed by atoms with Gasteiger partial charge >= 0.3 is 12.0 Å². The van der Waals surface area contributed by atoms with E-state index in [1.54, 1.807) is 13.0 Å². The van der Waals surface area contributed by atoms with Gasteiger partial charge < -0.3 is 15.7 Å². The number of amides is 2. The van der Waals surface area contributed by atoms with Crippen molar-refractivity contribution in [3.63, 3.8) is 0 Å². The van der Waals surface area contributed by atoms with E-state index in [2.05, 4.69) is 10.6 Å². The molecule has 104 valence electrons. The van der Waals surface area contributed by atoms with Crippen LogP contribution in [0.1, 0.15) is 25.3 Å². The Labute approximate surface area is 110 Å². The number of hydrogen-bond donors (Lipinski definition) is 3. The van der Waals surface area contributed by atoms with Crippen LogP contribution in [-0.2, 0) is 4.79 Å². The van der Waals surface area contributed by atoms with E-state index in [0.717, 1.165) is 5.56 Å². The lowest BCUT2D eigenvalue weighted by Crippen LogP contribution is -2.43. The van der Waals surface area contributed by atoms with Gasteiger partial charge in [0.15, 0.2) is 0 Å². The predicted molar refractivity (Wildman–Crippen MR) is 69.6 cm³/mol. The predicted octanol–water partition coefficient (Wildman–Crippen LogP) is 2.51. The van der Waals surface area contributed by atoms with E-state index in [-0.39, 0.29) is 5.69 Å². The lowest BCUT2D eigenvalue weighted by atomic mass is 10.2. The van der Waals surface area contributed by atoms with Crippen LogP contribution in [0.25, 0.3) is 0 Å². The minimum absolute atomic E-state index is 0.0261. The van der Waals surface area contributed by atoms with Crippen LogP contribution in [-0.4, -0.2) is 23.1 Å². The third kappa shape index (κ3) is 4.57. The molecule has 0 aliphatic rings. The number of benzene rings is 1. The van der Waals surface area contributed by atoms with Crippen molar-refractivity contribution >= 4 is 17.7 Å². The van der Waals surface area contributed by atoms with E-state index < -0.39 is 23.9 Å². The van der Waals surface area contributed by atoms with Crippen LogP contribution >= 0.6 is 0 Å². The molecule has 0 unspecified atom stereocenters. The summed E-state index contributed by atoms with van der Waals surface area (Å²) in [5, 5.41) is 13.5. The van der Waals surface area contributed by atoms with Gasteiger partial charge in [-0.05, 0) is 31.0 Å². The Morgan fingerprint density at radius 1 is 1.42 bits per heavy atom. The normalized spacial score (nSPS) is 11.7. The lowest BCUT2D eigenvalue weighted by molar-refractivity contribution is -0.139. The smallest absolute Gasteiger partial charge is 0.326 e. The summed E-state index contributed by atoms with van der Waals surface area (Å²) < 4.78 is 13.4. The molecule has 1 aromatic rings. The van der Waals surface area contributed by atoms with E-state index in [0.29, 0.717) is 12.8 Å². The van der Waals surface area contributed by atoms with Gasteiger partial charge in [0.25, 0.3) is 0 Å². The zero-order valence-corrected chi connectivity index (χ0v) is 10.9. The number of carbonyl (C=O) groups excluding carboxylic acids is 1. The van der Waals surface area contributed by atoms with Crippen LogP contribution in [0.5, 0.6) is 0 Å². The highest BCUT2D eigenvalue weighted by atomic mass is 19.1. The van der Waals surface area contributed by atoms with Gasteiger partial charge in [-0.2, -0.15) is 0 Å². The lowest BCUT2D eigenvalue weighted by Gasteiger charge is -2.14. The maximum atomic E-state index is 13.4. The second-order valence-electron chi connectivity index (χ2n) is 4.26. The molecular weight excluding hydrogens is 251 g/mol. The van der Waals surface area contributed by atoms with E-state index in [1.807, 2.05) is 6.92 Å². The van der Waals surface area contributed by atoms with Crippen molar-refractivity contribution in [2.45, 2.75) is 32.7 Å². The van der Waals surface area contributed by atoms with Crippen molar-refractivity contribution in [1.82, 2.24) is 5.32 Å². The van der Waals surface area contributed by atoms with Gasteiger partial charge in [-0.25, -0.2) is 14.0 Å². The highest BCUT2D eigenvalue weighted by Gasteiger charge is 2.19. The summed E-state index contributed by atoms with van der Waals surface area (Å²) in [5.74, 6) is -1.68. The van der Waals surface area contributed by atoms with Crippen LogP contribution in [0.15, 0.2) is 18.2 Å². The molecule has 6 heteroatoms. The Kier molecular flexibility index (Phi) is 5.29. The third-order valence-corrected chi connectivity index (χ3v) is 2.55. The van der Waals surface area contributed by atoms with Gasteiger partial charge in [-0.3, -0.25) is 0 Å². The average Bonchev–Trinajstić information content (AvgIpc) is 2.33. The Morgan fingerprint density at radius 3 is 2.68 bits per heavy atom. The van der Waals surface area contributed by atoms with E-state index in [9.17, 15) is 14.0 Å². The number of aryl methyl sites for hydroxylation is 1. The number of hydrogen-bond acceptors (Lipinski definition) is 2. The average molecular weight is 268 g/mol. The first-order valence-electron chi connectivity index (χ1n) is 6.00. The minimum Gasteiger partial charge on any atom is -0.480 e. The number of carboxylic acids is 1. The first-order valence-corrected chi connectivity index (χ1v) is 6.00. The molecule has 5 nitrogen and oxygen atoms in total. The first-order chi connectivity index (χ1) is 8.93. The molecular formula is C13H17FN2O3. The van der Waals surface area contributed by atoms with E-state index in [4.69, 9.17) is 5.11 Å². The fourth-order valence-electron chi connectivity index (χ4n) is 1.60. The molecule has 0 saturated carbocycles. The number of carbonyl (C=O) groups is 2. The van der Waals surface area contributed by atoms with Crippen molar-refractivity contribution in [3.8, 4) is 0 Å². The maximum absolute atomic E-state index is 13.4. The molecule has 1 rings (SSSR count). The highest BCUT2D eigenvalue weighted by molar-refractivity contribution is 5.92. The Hall–Kier alpha value is -2.11. The van der Waals surface area contributed by atoms with E-state index in [1.165, 1.54) is 12.1 Å². The number of halogens is 1. The Balaban J connectivity index is 2.68. The van der Waals surface area contributed by atoms with Gasteiger partial charge in [-0.15, -0.1) is 0 Å². The van der Waals surface area contributed by atoms with Crippen molar-refractivity contribution in [1.29, 1.82) is 0 Å². The molecule has 0 radical (unpaired) electrons. The zero-order chi connectivity index (χ0) is 14.4. The molecule has 0 bridgehead atoms. The summed E-state index contributed by atoms with van der Waals surface area (Å²) in [4.78, 5) is 22.5. The number of carboxylic acid groups (broad SMARTS) is 1. The van der Waals surface area contributed by atoms with Gasteiger partial charge in [0, 0.05) is 0 Å². The summed E-state index contributed by atoms with van der Waals surface area (Å²) in [6.45, 7) is 3.58. The number of anilines is 1. The molecule has 0 fully saturated rings. The quantitative estimate of drug-likeness (QED) is 0.767. The van der Waals surface area contributed by atoms with Crippen molar-refractivity contribution in [2.75, 3.05) is 5.32 Å². The number of urea groups is 1. The number of aliphatic carboxylic acids is 1. The monoisotopic (exact) mass is 268 g/mol. The first kappa shape index (κ1) is 14.9. The van der Waals surface area contributed by atoms with Crippen LogP contribution in [0.4, 0.5) is 14.9 Å². The second-order valence-corrected chi connectivity index (χ2v) is 4.26. The molecule has 0 aliphatic carbocycles. The second kappa shape index (κ2) is 6.72. The van der Waals surface area contributed by atoms with Crippen LogP contribution in [0.2, 0.25) is 0 Å². The van der Waals surface area contributed by atoms with Crippen LogP contribution < -0.4 is 10.6 Å². The Bertz CT molecular complexity index is 477. The maximum Gasteiger partial charge on any atom is 0.326 e. The summed E-state index contributed by atoms with van der Waals surface area (Å²) in [6, 6.07) is 2.59.